The van der Waals surface area contributed by atoms with Crippen LogP contribution in [0.25, 0.3) is 0 Å². The van der Waals surface area contributed by atoms with Crippen molar-refractivity contribution in [2.75, 3.05) is 26.8 Å². The van der Waals surface area contributed by atoms with E-state index in [-0.39, 0.29) is 41.3 Å². The van der Waals surface area contributed by atoms with Gasteiger partial charge < -0.3 is 15.1 Å². The molecule has 0 saturated heterocycles. The van der Waals surface area contributed by atoms with Gasteiger partial charge in [0.15, 0.2) is 0 Å². The van der Waals surface area contributed by atoms with E-state index in [4.69, 9.17) is 23.2 Å². The maximum Gasteiger partial charge on any atom is 0.256 e. The highest BCUT2D eigenvalue weighted by Gasteiger charge is 2.28. The first kappa shape index (κ1) is 16.2. The minimum absolute atomic E-state index is 0.195. The number of hydrogen-bond acceptors (Lipinski definition) is 3. The third kappa shape index (κ3) is 3.83. The number of halogens is 2. The third-order valence-electron chi connectivity index (χ3n) is 2.91. The van der Waals surface area contributed by atoms with Gasteiger partial charge in [0.05, 0.1) is 28.8 Å². The minimum Gasteiger partial charge on any atom is -0.396 e. The Morgan fingerprint density at radius 2 is 1.74 bits per heavy atom. The number of carbonyl (C=O) groups excluding carboxylic acids is 1. The summed E-state index contributed by atoms with van der Waals surface area (Å²) in [5.41, 5.74) is -0.537. The molecule has 0 unspecified atom stereocenters. The molecular weight excluding hydrogens is 289 g/mol. The van der Waals surface area contributed by atoms with E-state index in [0.29, 0.717) is 0 Å². The van der Waals surface area contributed by atoms with Crippen LogP contribution in [0.3, 0.4) is 0 Å². The lowest BCUT2D eigenvalue weighted by Crippen LogP contribution is -2.41. The monoisotopic (exact) mass is 305 g/mol. The smallest absolute Gasteiger partial charge is 0.256 e. The second kappa shape index (κ2) is 6.57. The first-order valence-electron chi connectivity index (χ1n) is 5.76. The van der Waals surface area contributed by atoms with Crippen LogP contribution in [0.2, 0.25) is 10.0 Å². The van der Waals surface area contributed by atoms with Crippen molar-refractivity contribution in [3.8, 4) is 0 Å². The summed E-state index contributed by atoms with van der Waals surface area (Å²) in [6.07, 6.45) is 0. The van der Waals surface area contributed by atoms with Gasteiger partial charge in [-0.15, -0.1) is 0 Å². The molecule has 0 atom stereocenters. The lowest BCUT2D eigenvalue weighted by molar-refractivity contribution is 0.0366. The summed E-state index contributed by atoms with van der Waals surface area (Å²) in [6, 6.07) is 4.84. The Kier molecular flexibility index (Phi) is 5.62. The number of nitrogens with zero attached hydrogens (tertiary/aromatic N) is 1. The number of aliphatic hydroxyl groups is 2. The van der Waals surface area contributed by atoms with Crippen molar-refractivity contribution in [3.05, 3.63) is 33.8 Å². The van der Waals surface area contributed by atoms with Crippen LogP contribution in [0.1, 0.15) is 17.3 Å². The Hall–Kier alpha value is -0.810. The molecule has 0 radical (unpaired) electrons. The van der Waals surface area contributed by atoms with E-state index in [9.17, 15) is 15.0 Å². The molecule has 0 fully saturated rings. The second-order valence-corrected chi connectivity index (χ2v) is 5.70. The maximum atomic E-state index is 12.3. The molecule has 0 spiro atoms. The molecule has 1 rings (SSSR count). The second-order valence-electron chi connectivity index (χ2n) is 4.88. The van der Waals surface area contributed by atoms with Gasteiger partial charge in [-0.1, -0.05) is 36.2 Å². The molecule has 4 nitrogen and oxygen atoms in total. The van der Waals surface area contributed by atoms with Crippen LogP contribution in [0.4, 0.5) is 0 Å². The standard InChI is InChI=1S/C13H17Cl2NO3/c1-13(7-17,8-18)6-16(2)12(19)11-9(14)4-3-5-10(11)15/h3-5,17-18H,6-8H2,1-2H3. The first-order valence-corrected chi connectivity index (χ1v) is 6.51. The molecule has 1 amide bonds. The van der Waals surface area contributed by atoms with Gasteiger partial charge in [-0.2, -0.15) is 0 Å². The van der Waals surface area contributed by atoms with Gasteiger partial charge in [0, 0.05) is 19.0 Å². The van der Waals surface area contributed by atoms with Crippen molar-refractivity contribution >= 4 is 29.1 Å². The zero-order chi connectivity index (χ0) is 14.6. The van der Waals surface area contributed by atoms with Gasteiger partial charge in [-0.05, 0) is 12.1 Å². The summed E-state index contributed by atoms with van der Waals surface area (Å²) < 4.78 is 0. The molecule has 19 heavy (non-hydrogen) atoms. The average Bonchev–Trinajstić information content (AvgIpc) is 2.38. The number of benzene rings is 1. The molecule has 0 bridgehead atoms. The highest BCUT2D eigenvalue weighted by atomic mass is 35.5. The van der Waals surface area contributed by atoms with Crippen molar-refractivity contribution in [1.82, 2.24) is 4.90 Å². The number of aliphatic hydroxyl groups excluding tert-OH is 2. The van der Waals surface area contributed by atoms with Gasteiger partial charge in [-0.25, -0.2) is 0 Å². The number of carbonyl (C=O) groups is 1. The molecule has 106 valence electrons. The van der Waals surface area contributed by atoms with Gasteiger partial charge >= 0.3 is 0 Å². The Balaban J connectivity index is 2.95. The van der Waals surface area contributed by atoms with E-state index in [1.807, 2.05) is 0 Å². The fourth-order valence-corrected chi connectivity index (χ4v) is 2.25. The number of amides is 1. The fraction of sp³-hybridized carbons (Fsp3) is 0.462. The Labute approximate surface area is 122 Å². The van der Waals surface area contributed by atoms with Crippen LogP contribution in [0.15, 0.2) is 18.2 Å². The molecule has 0 aromatic heterocycles. The summed E-state index contributed by atoms with van der Waals surface area (Å²) in [6.45, 7) is 1.43. The van der Waals surface area contributed by atoms with E-state index in [1.165, 1.54) is 4.90 Å². The fourth-order valence-electron chi connectivity index (χ4n) is 1.69. The molecule has 0 aliphatic rings. The molecular formula is C13H17Cl2NO3. The molecule has 1 aromatic carbocycles. The molecule has 0 aliphatic carbocycles. The third-order valence-corrected chi connectivity index (χ3v) is 3.54. The van der Waals surface area contributed by atoms with Crippen molar-refractivity contribution in [3.63, 3.8) is 0 Å². The predicted octanol–water partition coefficient (Wildman–Crippen LogP) is 2.06. The lowest BCUT2D eigenvalue weighted by atomic mass is 9.92. The summed E-state index contributed by atoms with van der Waals surface area (Å²) in [5, 5.41) is 19.0. The van der Waals surface area contributed by atoms with Crippen molar-refractivity contribution in [2.45, 2.75) is 6.92 Å². The van der Waals surface area contributed by atoms with E-state index < -0.39 is 5.41 Å². The van der Waals surface area contributed by atoms with Crippen LogP contribution < -0.4 is 0 Å². The Bertz CT molecular complexity index is 441. The van der Waals surface area contributed by atoms with Crippen LogP contribution in [-0.2, 0) is 0 Å². The van der Waals surface area contributed by atoms with E-state index in [1.54, 1.807) is 32.2 Å². The highest BCUT2D eigenvalue weighted by molar-refractivity contribution is 6.39. The summed E-state index contributed by atoms with van der Waals surface area (Å²) in [4.78, 5) is 13.7. The Morgan fingerprint density at radius 3 is 2.16 bits per heavy atom. The van der Waals surface area contributed by atoms with Gasteiger partial charge in [0.2, 0.25) is 0 Å². The van der Waals surface area contributed by atoms with Gasteiger partial charge in [-0.3, -0.25) is 4.79 Å². The van der Waals surface area contributed by atoms with Gasteiger partial charge in [0.25, 0.3) is 5.91 Å². The van der Waals surface area contributed by atoms with E-state index in [2.05, 4.69) is 0 Å². The largest absolute Gasteiger partial charge is 0.396 e. The normalized spacial score (nSPS) is 11.5. The molecule has 1 aromatic rings. The van der Waals surface area contributed by atoms with Crippen LogP contribution in [0.5, 0.6) is 0 Å². The van der Waals surface area contributed by atoms with Crippen LogP contribution in [-0.4, -0.2) is 47.8 Å². The number of hydrogen-bond donors (Lipinski definition) is 2. The topological polar surface area (TPSA) is 60.8 Å². The maximum absolute atomic E-state index is 12.3. The summed E-state index contributed by atoms with van der Waals surface area (Å²) in [7, 11) is 1.57. The SMILES string of the molecule is CN(CC(C)(CO)CO)C(=O)c1c(Cl)cccc1Cl. The van der Waals surface area contributed by atoms with Crippen molar-refractivity contribution in [1.29, 1.82) is 0 Å². The zero-order valence-corrected chi connectivity index (χ0v) is 12.4. The predicted molar refractivity (Wildman–Crippen MR) is 75.7 cm³/mol. The zero-order valence-electron chi connectivity index (χ0n) is 10.9. The summed E-state index contributed by atoms with van der Waals surface area (Å²) >= 11 is 12.0. The van der Waals surface area contributed by atoms with Crippen LogP contribution in [0, 0.1) is 5.41 Å². The molecule has 0 saturated carbocycles. The molecule has 0 aliphatic heterocycles. The quantitative estimate of drug-likeness (QED) is 0.875. The van der Waals surface area contributed by atoms with Crippen molar-refractivity contribution in [2.24, 2.45) is 5.41 Å². The van der Waals surface area contributed by atoms with Crippen LogP contribution >= 0.6 is 23.2 Å². The van der Waals surface area contributed by atoms with E-state index in [0.717, 1.165) is 0 Å². The number of rotatable bonds is 5. The molecule has 0 heterocycles. The lowest BCUT2D eigenvalue weighted by Gasteiger charge is -2.30. The molecule has 2 N–H and O–H groups in total. The average molecular weight is 306 g/mol. The summed E-state index contributed by atoms with van der Waals surface area (Å²) in [5.74, 6) is -0.344. The van der Waals surface area contributed by atoms with E-state index >= 15 is 0 Å². The minimum atomic E-state index is -0.766. The van der Waals surface area contributed by atoms with Crippen molar-refractivity contribution < 1.29 is 15.0 Å². The molecule has 6 heteroatoms. The Morgan fingerprint density at radius 1 is 1.26 bits per heavy atom. The highest BCUT2D eigenvalue weighted by Crippen LogP contribution is 2.26. The first-order chi connectivity index (χ1) is 8.84. The van der Waals surface area contributed by atoms with Gasteiger partial charge in [0.1, 0.15) is 0 Å².